The third kappa shape index (κ3) is 7.68. The highest BCUT2D eigenvalue weighted by atomic mass is 35.5. The number of amides is 3. The van der Waals surface area contributed by atoms with Crippen molar-refractivity contribution >= 4 is 57.5 Å². The summed E-state index contributed by atoms with van der Waals surface area (Å²) in [6.45, 7) is 10.2. The summed E-state index contributed by atoms with van der Waals surface area (Å²) in [4.78, 5) is 86.7. The van der Waals surface area contributed by atoms with E-state index in [2.05, 4.69) is 31.1 Å². The summed E-state index contributed by atoms with van der Waals surface area (Å²) >= 11 is 6.95. The zero-order valence-electron chi connectivity index (χ0n) is 34.4. The molecule has 0 bridgehead atoms. The van der Waals surface area contributed by atoms with Gasteiger partial charge in [-0.05, 0) is 94.7 Å². The molecule has 1 atom stereocenters. The minimum absolute atomic E-state index is 0.0429. The molecule has 3 aromatic heterocycles. The first-order valence-electron chi connectivity index (χ1n) is 21.6. The first-order valence-corrected chi connectivity index (χ1v) is 22.0. The molecule has 1 unspecified atom stereocenters. The molecule has 1 N–H and O–H groups in total. The van der Waals surface area contributed by atoms with Crippen LogP contribution in [0.3, 0.4) is 0 Å². The second-order valence-electron chi connectivity index (χ2n) is 17.3. The summed E-state index contributed by atoms with van der Waals surface area (Å²) in [5, 5.41) is 3.69. The van der Waals surface area contributed by atoms with Crippen LogP contribution in [-0.4, -0.2) is 105 Å². The van der Waals surface area contributed by atoms with Gasteiger partial charge in [-0.25, -0.2) is 9.97 Å². The van der Waals surface area contributed by atoms with Crippen molar-refractivity contribution in [3.63, 3.8) is 0 Å². The Morgan fingerprint density at radius 1 is 0.883 bits per heavy atom. The van der Waals surface area contributed by atoms with E-state index in [0.717, 1.165) is 112 Å². The van der Waals surface area contributed by atoms with Crippen molar-refractivity contribution in [1.82, 2.24) is 34.6 Å². The van der Waals surface area contributed by atoms with Gasteiger partial charge in [0.25, 0.3) is 11.5 Å². The van der Waals surface area contributed by atoms with E-state index in [-0.39, 0.29) is 47.7 Å². The number of halogens is 1. The Balaban J connectivity index is 0.753. The number of ketones is 1. The highest BCUT2D eigenvalue weighted by Gasteiger charge is 2.40. The highest BCUT2D eigenvalue weighted by molar-refractivity contribution is 6.35. The van der Waals surface area contributed by atoms with E-state index in [4.69, 9.17) is 21.6 Å². The van der Waals surface area contributed by atoms with Gasteiger partial charge in [-0.3, -0.25) is 43.7 Å². The fourth-order valence-corrected chi connectivity index (χ4v) is 10.5. The van der Waals surface area contributed by atoms with Gasteiger partial charge in [0.2, 0.25) is 11.8 Å². The number of carbonyl (C=O) groups is 4. The number of hydrogen-bond acceptors (Lipinski definition) is 11. The Morgan fingerprint density at radius 2 is 1.65 bits per heavy atom. The maximum Gasteiger partial charge on any atom is 0.263 e. The minimum atomic E-state index is -0.660. The lowest BCUT2D eigenvalue weighted by Gasteiger charge is -2.38. The average Bonchev–Trinajstić information content (AvgIpc) is 3.89. The van der Waals surface area contributed by atoms with Crippen LogP contribution in [0.5, 0.6) is 0 Å². The molecule has 4 aromatic rings. The molecule has 314 valence electrons. The number of aryl methyl sites for hydroxylation is 1. The average molecular weight is 834 g/mol. The molecule has 5 aliphatic rings. The summed E-state index contributed by atoms with van der Waals surface area (Å²) in [5.74, 6) is 0.124. The maximum absolute atomic E-state index is 13.6. The normalized spacial score (nSPS) is 20.7. The molecule has 15 heteroatoms. The monoisotopic (exact) mass is 833 g/mol. The van der Waals surface area contributed by atoms with Crippen LogP contribution in [0.4, 0.5) is 11.4 Å². The van der Waals surface area contributed by atoms with Gasteiger partial charge < -0.3 is 14.7 Å². The SMILES string of the molecule is CC(=O)c1c(C)c2cnc(Cc3ccc(N4CCC(CCN5CCN(c6ccc7c(c6Cl)CN(C6CCC(=O)NC6=O)C7=O)CC5)CC4)cn3)nc2n(C2CCCC2)c1=O. The van der Waals surface area contributed by atoms with Gasteiger partial charge in [-0.1, -0.05) is 24.4 Å². The number of Topliss-reactive ketones (excluding diaryl/α,β-unsaturated/α-hetero) is 1. The molecule has 60 heavy (non-hydrogen) atoms. The number of aromatic nitrogens is 4. The van der Waals surface area contributed by atoms with Crippen molar-refractivity contribution in [2.75, 3.05) is 55.6 Å². The third-order valence-corrected chi connectivity index (χ3v) is 14.0. The van der Waals surface area contributed by atoms with Crippen LogP contribution in [0.15, 0.2) is 41.5 Å². The predicted octanol–water partition coefficient (Wildman–Crippen LogP) is 5.25. The van der Waals surface area contributed by atoms with Crippen molar-refractivity contribution in [3.05, 3.63) is 85.8 Å². The van der Waals surface area contributed by atoms with E-state index in [9.17, 15) is 24.0 Å². The van der Waals surface area contributed by atoms with E-state index in [0.29, 0.717) is 46.4 Å². The summed E-state index contributed by atoms with van der Waals surface area (Å²) < 4.78 is 1.76. The quantitative estimate of drug-likeness (QED) is 0.165. The lowest BCUT2D eigenvalue weighted by molar-refractivity contribution is -0.136. The summed E-state index contributed by atoms with van der Waals surface area (Å²) in [6, 6.07) is 7.34. The standard InChI is InChI=1S/C45H52ClN9O5/c1-27-34-25-48-38(49-42(34)55(31-5-3-4-6-31)45(60)40(27)28(2)56)23-30-7-8-32(24-47-30)52-17-14-29(15-18-52)13-16-51-19-21-53(22-20-51)36-10-9-33-35(41(36)46)26-54(44(33)59)37-11-12-39(57)50-43(37)58/h7-10,24-25,29,31,37H,3-6,11-23,26H2,1-2H3,(H,50,57,58). The van der Waals surface area contributed by atoms with Crippen molar-refractivity contribution in [2.45, 2.75) is 96.7 Å². The van der Waals surface area contributed by atoms with Gasteiger partial charge in [0.15, 0.2) is 5.78 Å². The number of nitrogens with zero attached hydrogens (tertiary/aromatic N) is 8. The summed E-state index contributed by atoms with van der Waals surface area (Å²) in [5.41, 5.74) is 5.47. The Labute approximate surface area is 354 Å². The Kier molecular flexibility index (Phi) is 11.2. The van der Waals surface area contributed by atoms with Crippen molar-refractivity contribution in [1.29, 1.82) is 0 Å². The van der Waals surface area contributed by atoms with Gasteiger partial charge in [0.05, 0.1) is 34.6 Å². The van der Waals surface area contributed by atoms with Crippen LogP contribution < -0.4 is 20.7 Å². The topological polar surface area (TPSA) is 154 Å². The minimum Gasteiger partial charge on any atom is -0.370 e. The van der Waals surface area contributed by atoms with Gasteiger partial charge >= 0.3 is 0 Å². The number of nitrogens with one attached hydrogen (secondary N) is 1. The molecule has 4 fully saturated rings. The predicted molar refractivity (Wildman–Crippen MR) is 229 cm³/mol. The van der Waals surface area contributed by atoms with Gasteiger partial charge in [-0.15, -0.1) is 0 Å². The lowest BCUT2D eigenvalue weighted by atomic mass is 9.93. The zero-order valence-corrected chi connectivity index (χ0v) is 35.2. The highest BCUT2D eigenvalue weighted by Crippen LogP contribution is 2.39. The number of carbonyl (C=O) groups excluding carboxylic acids is 4. The molecule has 1 saturated carbocycles. The molecule has 14 nitrogen and oxygen atoms in total. The molecule has 9 rings (SSSR count). The first-order chi connectivity index (χ1) is 29.0. The number of hydrogen-bond donors (Lipinski definition) is 1. The van der Waals surface area contributed by atoms with Crippen molar-refractivity contribution in [2.24, 2.45) is 5.92 Å². The number of piperazine rings is 1. The van der Waals surface area contributed by atoms with E-state index in [1.54, 1.807) is 15.7 Å². The molecule has 0 radical (unpaired) electrons. The van der Waals surface area contributed by atoms with Crippen molar-refractivity contribution in [3.8, 4) is 0 Å². The molecular weight excluding hydrogens is 782 g/mol. The number of rotatable bonds is 10. The number of pyridine rings is 2. The molecular formula is C45H52ClN9O5. The van der Waals surface area contributed by atoms with E-state index < -0.39 is 11.9 Å². The molecule has 1 aliphatic carbocycles. The molecule has 4 aliphatic heterocycles. The van der Waals surface area contributed by atoms with Crippen LogP contribution >= 0.6 is 11.6 Å². The van der Waals surface area contributed by atoms with Crippen LogP contribution in [0.2, 0.25) is 5.02 Å². The number of benzene rings is 1. The number of piperidine rings is 2. The van der Waals surface area contributed by atoms with Gasteiger partial charge in [-0.2, -0.15) is 0 Å². The van der Waals surface area contributed by atoms with Crippen LogP contribution in [0.1, 0.15) is 114 Å². The van der Waals surface area contributed by atoms with E-state index in [1.165, 1.54) is 13.3 Å². The Hall–Kier alpha value is -5.21. The Morgan fingerprint density at radius 3 is 2.35 bits per heavy atom. The van der Waals surface area contributed by atoms with Crippen LogP contribution in [0.25, 0.3) is 11.0 Å². The lowest BCUT2D eigenvalue weighted by Crippen LogP contribution is -2.52. The summed E-state index contributed by atoms with van der Waals surface area (Å²) in [7, 11) is 0. The first kappa shape index (κ1) is 40.2. The number of imide groups is 1. The number of anilines is 2. The largest absolute Gasteiger partial charge is 0.370 e. The fraction of sp³-hybridized carbons (Fsp3) is 0.511. The Bertz CT molecular complexity index is 2410. The molecule has 1 aromatic carbocycles. The van der Waals surface area contributed by atoms with Crippen molar-refractivity contribution < 1.29 is 19.2 Å². The molecule has 3 amide bonds. The maximum atomic E-state index is 13.6. The second kappa shape index (κ2) is 16.7. The van der Waals surface area contributed by atoms with E-state index in [1.807, 2.05) is 31.3 Å². The van der Waals surface area contributed by atoms with E-state index >= 15 is 0 Å². The smallest absolute Gasteiger partial charge is 0.263 e. The molecule has 7 heterocycles. The third-order valence-electron chi connectivity index (χ3n) is 13.6. The second-order valence-corrected chi connectivity index (χ2v) is 17.6. The fourth-order valence-electron chi connectivity index (χ4n) is 10.1. The summed E-state index contributed by atoms with van der Waals surface area (Å²) in [6.07, 6.45) is 12.1. The van der Waals surface area contributed by atoms with Gasteiger partial charge in [0, 0.05) is 86.7 Å². The van der Waals surface area contributed by atoms with Crippen LogP contribution in [-0.2, 0) is 22.6 Å². The zero-order chi connectivity index (χ0) is 41.7. The van der Waals surface area contributed by atoms with Gasteiger partial charge in [0.1, 0.15) is 17.5 Å². The molecule has 3 saturated heterocycles. The van der Waals surface area contributed by atoms with Crippen LogP contribution in [0, 0.1) is 12.8 Å². The molecule has 0 spiro atoms. The number of fused-ring (bicyclic) bond motifs is 2.